The Labute approximate surface area is 156 Å². The third-order valence-electron chi connectivity index (χ3n) is 5.68. The minimum atomic E-state index is 0.265. The molecule has 0 aromatic carbocycles. The number of amidine groups is 1. The Bertz CT molecular complexity index is 378. The highest BCUT2D eigenvalue weighted by molar-refractivity contribution is 5.77. The molecule has 0 radical (unpaired) electrons. The molecule has 0 aromatic heterocycles. The summed E-state index contributed by atoms with van der Waals surface area (Å²) in [6, 6.07) is 0. The Morgan fingerprint density at radius 1 is 0.920 bits per heavy atom. The average Bonchev–Trinajstić information content (AvgIpc) is 3.02. The van der Waals surface area contributed by atoms with Gasteiger partial charge in [0.2, 0.25) is 0 Å². The monoisotopic (exact) mass is 351 g/mol. The van der Waals surface area contributed by atoms with Crippen LogP contribution in [0.5, 0.6) is 0 Å². The predicted octanol–water partition coefficient (Wildman–Crippen LogP) is 5.48. The third-order valence-corrected chi connectivity index (χ3v) is 5.68. The van der Waals surface area contributed by atoms with Crippen molar-refractivity contribution in [1.29, 1.82) is 0 Å². The molecule has 0 fully saturated rings. The molecule has 1 heterocycles. The van der Waals surface area contributed by atoms with Gasteiger partial charge in [0, 0.05) is 6.42 Å². The SMILES string of the molecule is CCCCCCCCCCC/C=C/CCC1=NCC[N+]1(CC)CCO. The number of aliphatic hydroxyl groups is 1. The van der Waals surface area contributed by atoms with Gasteiger partial charge in [-0.25, -0.2) is 4.99 Å². The first-order chi connectivity index (χ1) is 12.3. The van der Waals surface area contributed by atoms with Crippen LogP contribution >= 0.6 is 0 Å². The predicted molar refractivity (Wildman–Crippen MR) is 110 cm³/mol. The third kappa shape index (κ3) is 9.01. The Kier molecular flexibility index (Phi) is 13.0. The smallest absolute Gasteiger partial charge is 0.198 e. The van der Waals surface area contributed by atoms with Gasteiger partial charge in [-0.1, -0.05) is 70.4 Å². The van der Waals surface area contributed by atoms with Crippen LogP contribution in [-0.4, -0.2) is 48.2 Å². The van der Waals surface area contributed by atoms with Gasteiger partial charge < -0.3 is 5.11 Å². The highest BCUT2D eigenvalue weighted by Gasteiger charge is 2.35. The molecular weight excluding hydrogens is 308 g/mol. The van der Waals surface area contributed by atoms with Crippen molar-refractivity contribution in [2.24, 2.45) is 4.99 Å². The highest BCUT2D eigenvalue weighted by atomic mass is 16.3. The Balaban J connectivity index is 2.01. The van der Waals surface area contributed by atoms with E-state index in [2.05, 4.69) is 26.0 Å². The molecule has 1 unspecified atom stereocenters. The fraction of sp³-hybridized carbons (Fsp3) is 0.864. The number of likely N-dealkylation sites (N-methyl/N-ethyl adjacent to an activating group) is 1. The molecule has 1 N–H and O–H groups in total. The molecule has 0 amide bonds. The van der Waals surface area contributed by atoms with Crippen molar-refractivity contribution in [3.05, 3.63) is 12.2 Å². The maximum absolute atomic E-state index is 9.34. The Morgan fingerprint density at radius 2 is 1.56 bits per heavy atom. The van der Waals surface area contributed by atoms with Gasteiger partial charge >= 0.3 is 0 Å². The molecule has 0 saturated heterocycles. The lowest BCUT2D eigenvalue weighted by Crippen LogP contribution is -2.52. The van der Waals surface area contributed by atoms with E-state index in [4.69, 9.17) is 4.99 Å². The van der Waals surface area contributed by atoms with Crippen molar-refractivity contribution >= 4 is 5.84 Å². The molecule has 1 aliphatic rings. The first kappa shape index (κ1) is 22.4. The van der Waals surface area contributed by atoms with Crippen LogP contribution in [0.2, 0.25) is 0 Å². The van der Waals surface area contributed by atoms with Gasteiger partial charge in [0.15, 0.2) is 5.84 Å². The maximum atomic E-state index is 9.34. The van der Waals surface area contributed by atoms with E-state index in [1.807, 2.05) is 0 Å². The lowest BCUT2D eigenvalue weighted by molar-refractivity contribution is -0.835. The first-order valence-electron chi connectivity index (χ1n) is 10.9. The van der Waals surface area contributed by atoms with E-state index < -0.39 is 0 Å². The molecule has 0 spiro atoms. The number of aliphatic hydroxyl groups excluding tert-OH is 1. The molecule has 0 aromatic rings. The van der Waals surface area contributed by atoms with Crippen LogP contribution in [0, 0.1) is 0 Å². The summed E-state index contributed by atoms with van der Waals surface area (Å²) in [7, 11) is 0. The van der Waals surface area contributed by atoms with Crippen LogP contribution in [0.3, 0.4) is 0 Å². The summed E-state index contributed by atoms with van der Waals surface area (Å²) in [6.07, 6.45) is 20.7. The zero-order valence-corrected chi connectivity index (χ0v) is 17.0. The quantitative estimate of drug-likeness (QED) is 0.223. The van der Waals surface area contributed by atoms with Gasteiger partial charge in [-0.05, 0) is 26.2 Å². The number of quaternary nitrogens is 1. The van der Waals surface area contributed by atoms with Crippen molar-refractivity contribution in [1.82, 2.24) is 0 Å². The molecule has 146 valence electrons. The number of rotatable bonds is 16. The fourth-order valence-corrected chi connectivity index (χ4v) is 3.92. The van der Waals surface area contributed by atoms with Gasteiger partial charge in [0.1, 0.15) is 13.1 Å². The van der Waals surface area contributed by atoms with Gasteiger partial charge in [0.05, 0.1) is 19.7 Å². The number of hydrogen-bond donors (Lipinski definition) is 1. The first-order valence-corrected chi connectivity index (χ1v) is 10.9. The van der Waals surface area contributed by atoms with Crippen LogP contribution < -0.4 is 0 Å². The minimum Gasteiger partial charge on any atom is -0.390 e. The van der Waals surface area contributed by atoms with Crippen LogP contribution in [0.1, 0.15) is 90.9 Å². The Hall–Kier alpha value is -0.670. The molecule has 1 rings (SSSR count). The van der Waals surface area contributed by atoms with E-state index in [1.54, 1.807) is 0 Å². The Morgan fingerprint density at radius 3 is 2.20 bits per heavy atom. The molecule has 1 aliphatic heterocycles. The second-order valence-corrected chi connectivity index (χ2v) is 7.56. The molecule has 3 nitrogen and oxygen atoms in total. The zero-order valence-electron chi connectivity index (χ0n) is 17.0. The van der Waals surface area contributed by atoms with Gasteiger partial charge in [-0.15, -0.1) is 0 Å². The second-order valence-electron chi connectivity index (χ2n) is 7.56. The summed E-state index contributed by atoms with van der Waals surface area (Å²) in [6.45, 7) is 8.67. The number of aliphatic imine (C=N–C) groups is 1. The lowest BCUT2D eigenvalue weighted by atomic mass is 10.1. The van der Waals surface area contributed by atoms with Crippen LogP contribution in [0.25, 0.3) is 0 Å². The maximum Gasteiger partial charge on any atom is 0.198 e. The summed E-state index contributed by atoms with van der Waals surface area (Å²) in [4.78, 5) is 4.72. The summed E-state index contributed by atoms with van der Waals surface area (Å²) >= 11 is 0. The van der Waals surface area contributed by atoms with Gasteiger partial charge in [-0.3, -0.25) is 4.48 Å². The highest BCUT2D eigenvalue weighted by Crippen LogP contribution is 2.18. The van der Waals surface area contributed by atoms with Crippen LogP contribution in [-0.2, 0) is 0 Å². The van der Waals surface area contributed by atoms with Crippen molar-refractivity contribution in [2.45, 2.75) is 90.9 Å². The molecular formula is C22H43N2O+. The van der Waals surface area contributed by atoms with Gasteiger partial charge in [-0.2, -0.15) is 0 Å². The summed E-state index contributed by atoms with van der Waals surface area (Å²) in [5.74, 6) is 1.31. The second kappa shape index (κ2) is 14.5. The number of hydrogen-bond acceptors (Lipinski definition) is 2. The lowest BCUT2D eigenvalue weighted by Gasteiger charge is -2.32. The molecule has 1 atom stereocenters. The van der Waals surface area contributed by atoms with Crippen molar-refractivity contribution < 1.29 is 9.59 Å². The standard InChI is InChI=1S/C22H43N2O/c1-3-5-6-7-8-9-10-11-12-13-14-15-16-17-22-23-18-19-24(22,4-2)20-21-25/h14-15,25H,3-13,16-21H2,1-2H3/q+1/b15-14+. The summed E-state index contributed by atoms with van der Waals surface area (Å²) in [5.41, 5.74) is 0. The van der Waals surface area contributed by atoms with E-state index in [0.717, 1.165) is 43.5 Å². The summed E-state index contributed by atoms with van der Waals surface area (Å²) in [5, 5.41) is 9.34. The van der Waals surface area contributed by atoms with Crippen molar-refractivity contribution in [2.75, 3.05) is 32.8 Å². The minimum absolute atomic E-state index is 0.265. The molecule has 0 bridgehead atoms. The molecule has 0 aliphatic carbocycles. The summed E-state index contributed by atoms with van der Waals surface area (Å²) < 4.78 is 0.919. The van der Waals surface area contributed by atoms with E-state index >= 15 is 0 Å². The fourth-order valence-electron chi connectivity index (χ4n) is 3.92. The van der Waals surface area contributed by atoms with E-state index in [1.165, 1.54) is 70.0 Å². The van der Waals surface area contributed by atoms with Crippen molar-refractivity contribution in [3.8, 4) is 0 Å². The van der Waals surface area contributed by atoms with Gasteiger partial charge in [0.25, 0.3) is 0 Å². The van der Waals surface area contributed by atoms with E-state index in [-0.39, 0.29) is 6.61 Å². The largest absolute Gasteiger partial charge is 0.390 e. The van der Waals surface area contributed by atoms with Crippen molar-refractivity contribution in [3.63, 3.8) is 0 Å². The molecule has 3 heteroatoms. The van der Waals surface area contributed by atoms with Crippen LogP contribution in [0.15, 0.2) is 17.1 Å². The average molecular weight is 352 g/mol. The number of nitrogens with zero attached hydrogens (tertiary/aromatic N) is 2. The molecule has 0 saturated carbocycles. The number of unbranched alkanes of at least 4 members (excludes halogenated alkanes) is 9. The van der Waals surface area contributed by atoms with Crippen LogP contribution in [0.4, 0.5) is 0 Å². The number of allylic oxidation sites excluding steroid dienone is 2. The van der Waals surface area contributed by atoms with E-state index in [9.17, 15) is 5.11 Å². The zero-order chi connectivity index (χ0) is 18.2. The van der Waals surface area contributed by atoms with E-state index in [0.29, 0.717) is 0 Å². The topological polar surface area (TPSA) is 32.6 Å². The normalized spacial score (nSPS) is 20.5. The molecule has 25 heavy (non-hydrogen) atoms.